The van der Waals surface area contributed by atoms with Crippen molar-refractivity contribution in [2.24, 2.45) is 0 Å². The highest BCUT2D eigenvalue weighted by atomic mass is 32.2. The average molecular weight is 260 g/mol. The van der Waals surface area contributed by atoms with Gasteiger partial charge in [0.1, 0.15) is 0 Å². The van der Waals surface area contributed by atoms with Crippen LogP contribution in [0.15, 0.2) is 0 Å². The fourth-order valence-corrected chi connectivity index (χ4v) is 2.44. The van der Waals surface area contributed by atoms with Crippen LogP contribution in [0.1, 0.15) is 12.8 Å². The molecule has 100 valence electrons. The van der Waals surface area contributed by atoms with Crippen LogP contribution in [-0.2, 0) is 9.53 Å². The second-order valence-corrected chi connectivity index (χ2v) is 5.34. The summed E-state index contributed by atoms with van der Waals surface area (Å²) in [5.74, 6) is 1.15. The van der Waals surface area contributed by atoms with Crippen molar-refractivity contribution in [3.05, 3.63) is 0 Å². The van der Waals surface area contributed by atoms with E-state index in [1.54, 1.807) is 0 Å². The lowest BCUT2D eigenvalue weighted by Crippen LogP contribution is -2.47. The predicted octanol–water partition coefficient (Wildman–Crippen LogP) is 0.920. The van der Waals surface area contributed by atoms with Gasteiger partial charge in [-0.05, 0) is 25.0 Å². The van der Waals surface area contributed by atoms with Gasteiger partial charge in [0.25, 0.3) is 0 Å². The lowest BCUT2D eigenvalue weighted by molar-refractivity contribution is -0.141. The molecule has 4 nitrogen and oxygen atoms in total. The SMILES string of the molecule is COC(=O)CCN1CCN(CCCSC)CC1. The van der Waals surface area contributed by atoms with Crippen LogP contribution in [-0.4, -0.2) is 74.2 Å². The highest BCUT2D eigenvalue weighted by Crippen LogP contribution is 2.05. The molecule has 1 aliphatic rings. The molecule has 0 N–H and O–H groups in total. The number of hydrogen-bond acceptors (Lipinski definition) is 5. The first kappa shape index (κ1) is 14.8. The maximum absolute atomic E-state index is 11.0. The molecule has 1 rings (SSSR count). The Bertz CT molecular complexity index is 219. The standard InChI is InChI=1S/C12H24N2O2S/c1-16-12(15)4-6-14-9-7-13(8-10-14)5-3-11-17-2/h3-11H2,1-2H3. The van der Waals surface area contributed by atoms with Crippen LogP contribution in [0.2, 0.25) is 0 Å². The summed E-state index contributed by atoms with van der Waals surface area (Å²) in [5, 5.41) is 0. The fraction of sp³-hybridized carbons (Fsp3) is 0.917. The van der Waals surface area contributed by atoms with Crippen LogP contribution in [0.3, 0.4) is 0 Å². The zero-order chi connectivity index (χ0) is 12.5. The van der Waals surface area contributed by atoms with E-state index in [4.69, 9.17) is 0 Å². The molecule has 0 amide bonds. The Morgan fingerprint density at radius 2 is 1.76 bits per heavy atom. The van der Waals surface area contributed by atoms with E-state index in [0.29, 0.717) is 6.42 Å². The van der Waals surface area contributed by atoms with Crippen molar-refractivity contribution < 1.29 is 9.53 Å². The van der Waals surface area contributed by atoms with Gasteiger partial charge in [0.15, 0.2) is 0 Å². The van der Waals surface area contributed by atoms with Crippen LogP contribution in [0, 0.1) is 0 Å². The molecular formula is C12H24N2O2S. The molecule has 17 heavy (non-hydrogen) atoms. The molecule has 5 heteroatoms. The van der Waals surface area contributed by atoms with Crippen LogP contribution in [0.25, 0.3) is 0 Å². The van der Waals surface area contributed by atoms with Gasteiger partial charge in [-0.3, -0.25) is 4.79 Å². The van der Waals surface area contributed by atoms with Gasteiger partial charge in [0, 0.05) is 32.7 Å². The zero-order valence-corrected chi connectivity index (χ0v) is 11.8. The van der Waals surface area contributed by atoms with Gasteiger partial charge in [0.2, 0.25) is 0 Å². The Morgan fingerprint density at radius 1 is 1.18 bits per heavy atom. The topological polar surface area (TPSA) is 32.8 Å². The third-order valence-electron chi connectivity index (χ3n) is 3.15. The molecule has 0 aromatic carbocycles. The van der Waals surface area contributed by atoms with E-state index >= 15 is 0 Å². The molecular weight excluding hydrogens is 236 g/mol. The van der Waals surface area contributed by atoms with E-state index in [9.17, 15) is 4.79 Å². The molecule has 0 saturated carbocycles. The first-order valence-corrected chi connectivity index (χ1v) is 7.66. The smallest absolute Gasteiger partial charge is 0.306 e. The normalized spacial score (nSPS) is 18.2. The highest BCUT2D eigenvalue weighted by molar-refractivity contribution is 7.98. The minimum absolute atomic E-state index is 0.104. The first-order valence-electron chi connectivity index (χ1n) is 6.26. The van der Waals surface area contributed by atoms with E-state index in [-0.39, 0.29) is 5.97 Å². The molecule has 0 spiro atoms. The van der Waals surface area contributed by atoms with Gasteiger partial charge in [-0.1, -0.05) is 0 Å². The van der Waals surface area contributed by atoms with Gasteiger partial charge in [0.05, 0.1) is 13.5 Å². The Hall–Kier alpha value is -0.260. The fourth-order valence-electron chi connectivity index (χ4n) is 2.02. The summed E-state index contributed by atoms with van der Waals surface area (Å²) in [6, 6.07) is 0. The molecule has 0 aromatic heterocycles. The van der Waals surface area contributed by atoms with Crippen LogP contribution in [0.5, 0.6) is 0 Å². The molecule has 0 atom stereocenters. The maximum atomic E-state index is 11.0. The molecule has 0 unspecified atom stereocenters. The third kappa shape index (κ3) is 6.29. The Kier molecular flexibility index (Phi) is 7.64. The second-order valence-electron chi connectivity index (χ2n) is 4.36. The average Bonchev–Trinajstić information content (AvgIpc) is 2.37. The molecule has 1 aliphatic heterocycles. The molecule has 1 heterocycles. The summed E-state index contributed by atoms with van der Waals surface area (Å²) in [7, 11) is 1.45. The van der Waals surface area contributed by atoms with E-state index < -0.39 is 0 Å². The maximum Gasteiger partial charge on any atom is 0.306 e. The molecule has 1 saturated heterocycles. The van der Waals surface area contributed by atoms with E-state index in [1.165, 1.54) is 25.8 Å². The number of methoxy groups -OCH3 is 1. The van der Waals surface area contributed by atoms with Crippen molar-refractivity contribution in [3.8, 4) is 0 Å². The lowest BCUT2D eigenvalue weighted by Gasteiger charge is -2.34. The predicted molar refractivity (Wildman–Crippen MR) is 72.5 cm³/mol. The van der Waals surface area contributed by atoms with Gasteiger partial charge < -0.3 is 14.5 Å². The lowest BCUT2D eigenvalue weighted by atomic mass is 10.2. The Labute approximate surface area is 109 Å². The van der Waals surface area contributed by atoms with Gasteiger partial charge >= 0.3 is 5.97 Å². The van der Waals surface area contributed by atoms with E-state index in [0.717, 1.165) is 32.7 Å². The van der Waals surface area contributed by atoms with Crippen LogP contribution < -0.4 is 0 Å². The van der Waals surface area contributed by atoms with Crippen LogP contribution in [0.4, 0.5) is 0 Å². The number of carbonyl (C=O) groups excluding carboxylic acids is 1. The third-order valence-corrected chi connectivity index (χ3v) is 3.84. The molecule has 0 aromatic rings. The highest BCUT2D eigenvalue weighted by Gasteiger charge is 2.16. The van der Waals surface area contributed by atoms with Crippen molar-refractivity contribution in [1.82, 2.24) is 9.80 Å². The number of esters is 1. The quantitative estimate of drug-likeness (QED) is 0.502. The summed E-state index contributed by atoms with van der Waals surface area (Å²) >= 11 is 1.92. The number of piperazine rings is 1. The number of thioether (sulfide) groups is 1. The van der Waals surface area contributed by atoms with Gasteiger partial charge in [-0.25, -0.2) is 0 Å². The summed E-state index contributed by atoms with van der Waals surface area (Å²) in [6.45, 7) is 6.48. The first-order chi connectivity index (χ1) is 8.26. The number of ether oxygens (including phenoxy) is 1. The van der Waals surface area contributed by atoms with Crippen molar-refractivity contribution in [3.63, 3.8) is 0 Å². The molecule has 0 bridgehead atoms. The monoisotopic (exact) mass is 260 g/mol. The number of carbonyl (C=O) groups is 1. The summed E-state index contributed by atoms with van der Waals surface area (Å²) in [5.41, 5.74) is 0. The summed E-state index contributed by atoms with van der Waals surface area (Å²) < 4.78 is 4.65. The molecule has 0 aliphatic carbocycles. The van der Waals surface area contributed by atoms with Gasteiger partial charge in [-0.15, -0.1) is 0 Å². The summed E-state index contributed by atoms with van der Waals surface area (Å²) in [6.07, 6.45) is 3.96. The molecule has 1 fully saturated rings. The second kappa shape index (κ2) is 8.78. The summed E-state index contributed by atoms with van der Waals surface area (Å²) in [4.78, 5) is 15.9. The minimum Gasteiger partial charge on any atom is -0.469 e. The van der Waals surface area contributed by atoms with Crippen molar-refractivity contribution in [2.45, 2.75) is 12.8 Å². The number of hydrogen-bond donors (Lipinski definition) is 0. The zero-order valence-electron chi connectivity index (χ0n) is 11.0. The van der Waals surface area contributed by atoms with Gasteiger partial charge in [-0.2, -0.15) is 11.8 Å². The van der Waals surface area contributed by atoms with E-state index in [2.05, 4.69) is 20.8 Å². The molecule has 0 radical (unpaired) electrons. The van der Waals surface area contributed by atoms with Crippen molar-refractivity contribution >= 4 is 17.7 Å². The number of nitrogens with zero attached hydrogens (tertiary/aromatic N) is 2. The minimum atomic E-state index is -0.104. The van der Waals surface area contributed by atoms with E-state index in [1.807, 2.05) is 11.8 Å². The largest absolute Gasteiger partial charge is 0.469 e. The van der Waals surface area contributed by atoms with Crippen molar-refractivity contribution in [1.29, 1.82) is 0 Å². The van der Waals surface area contributed by atoms with Crippen LogP contribution >= 0.6 is 11.8 Å². The Balaban J connectivity index is 2.07. The number of rotatable bonds is 7. The Morgan fingerprint density at radius 3 is 2.29 bits per heavy atom. The van der Waals surface area contributed by atoms with Crippen molar-refractivity contribution in [2.75, 3.05) is 58.4 Å².